The second-order valence-electron chi connectivity index (χ2n) is 6.01. The summed E-state index contributed by atoms with van der Waals surface area (Å²) in [5, 5.41) is 12.7. The maximum Gasteiger partial charge on any atom is 0.206 e. The molecule has 0 aliphatic carbocycles. The van der Waals surface area contributed by atoms with Crippen LogP contribution in [0.4, 0.5) is 5.13 Å². The Morgan fingerprint density at radius 3 is 2.44 bits per heavy atom. The van der Waals surface area contributed by atoms with Gasteiger partial charge in [0.25, 0.3) is 0 Å². The van der Waals surface area contributed by atoms with Crippen molar-refractivity contribution in [3.63, 3.8) is 0 Å². The highest BCUT2D eigenvalue weighted by Gasteiger charge is 2.07. The first-order valence-electron chi connectivity index (χ1n) is 8.64. The first-order chi connectivity index (χ1) is 13.2. The standard InChI is InChI=1S/C20H23N3O2S2/c1-14-4-6-16(7-5-14)13-26-20-23-22-19(27-20)21-11-10-15-8-9-17(24-2)18(12-15)25-3/h4-9,12H,10-11,13H2,1-3H3,(H,21,22). The number of nitrogens with one attached hydrogen (secondary N) is 1. The maximum atomic E-state index is 5.35. The predicted molar refractivity (Wildman–Crippen MR) is 112 cm³/mol. The number of nitrogens with zero attached hydrogens (tertiary/aromatic N) is 2. The monoisotopic (exact) mass is 401 g/mol. The van der Waals surface area contributed by atoms with Crippen molar-refractivity contribution < 1.29 is 9.47 Å². The minimum Gasteiger partial charge on any atom is -0.493 e. The summed E-state index contributed by atoms with van der Waals surface area (Å²) in [6, 6.07) is 14.6. The minimum atomic E-state index is 0.744. The molecule has 0 bridgehead atoms. The number of methoxy groups -OCH3 is 2. The first-order valence-corrected chi connectivity index (χ1v) is 10.4. The maximum absolute atomic E-state index is 5.35. The molecule has 1 aromatic heterocycles. The van der Waals surface area contributed by atoms with Gasteiger partial charge in [-0.25, -0.2) is 0 Å². The van der Waals surface area contributed by atoms with Crippen molar-refractivity contribution in [1.29, 1.82) is 0 Å². The van der Waals surface area contributed by atoms with Gasteiger partial charge in [-0.15, -0.1) is 10.2 Å². The van der Waals surface area contributed by atoms with Gasteiger partial charge >= 0.3 is 0 Å². The Morgan fingerprint density at radius 2 is 1.70 bits per heavy atom. The second kappa shape index (κ2) is 9.62. The van der Waals surface area contributed by atoms with Crippen molar-refractivity contribution in [1.82, 2.24) is 10.2 Å². The summed E-state index contributed by atoms with van der Waals surface area (Å²) in [5.41, 5.74) is 3.75. The van der Waals surface area contributed by atoms with Crippen molar-refractivity contribution >= 4 is 28.2 Å². The van der Waals surface area contributed by atoms with E-state index in [-0.39, 0.29) is 0 Å². The third-order valence-electron chi connectivity index (χ3n) is 4.03. The minimum absolute atomic E-state index is 0.744. The van der Waals surface area contributed by atoms with Crippen LogP contribution in [0.3, 0.4) is 0 Å². The zero-order chi connectivity index (χ0) is 19.1. The Bertz CT molecular complexity index is 866. The molecule has 5 nitrogen and oxygen atoms in total. The number of hydrogen-bond acceptors (Lipinski definition) is 7. The van der Waals surface area contributed by atoms with Crippen LogP contribution in [-0.2, 0) is 12.2 Å². The quantitative estimate of drug-likeness (QED) is 0.519. The van der Waals surface area contributed by atoms with E-state index in [1.807, 2.05) is 18.2 Å². The number of aromatic nitrogens is 2. The highest BCUT2D eigenvalue weighted by atomic mass is 32.2. The number of aryl methyl sites for hydroxylation is 1. The normalized spacial score (nSPS) is 10.6. The Labute approximate surface area is 168 Å². The molecule has 0 spiro atoms. The van der Waals surface area contributed by atoms with Crippen LogP contribution in [-0.4, -0.2) is 31.0 Å². The smallest absolute Gasteiger partial charge is 0.206 e. The van der Waals surface area contributed by atoms with E-state index in [0.717, 1.165) is 39.7 Å². The van der Waals surface area contributed by atoms with Gasteiger partial charge in [-0.05, 0) is 36.6 Å². The summed E-state index contributed by atoms with van der Waals surface area (Å²) >= 11 is 3.30. The summed E-state index contributed by atoms with van der Waals surface area (Å²) in [6.07, 6.45) is 0.867. The van der Waals surface area contributed by atoms with E-state index in [2.05, 4.69) is 46.7 Å². The number of thioether (sulfide) groups is 1. The molecule has 142 valence electrons. The van der Waals surface area contributed by atoms with Crippen molar-refractivity contribution in [2.75, 3.05) is 26.1 Å². The highest BCUT2D eigenvalue weighted by molar-refractivity contribution is 8.00. The summed E-state index contributed by atoms with van der Waals surface area (Å²) in [5.74, 6) is 2.40. The number of benzene rings is 2. The molecule has 0 radical (unpaired) electrons. The van der Waals surface area contributed by atoms with E-state index in [1.165, 1.54) is 16.7 Å². The molecule has 1 N–H and O–H groups in total. The Balaban J connectivity index is 1.47. The molecule has 0 aliphatic rings. The van der Waals surface area contributed by atoms with E-state index in [4.69, 9.17) is 9.47 Å². The van der Waals surface area contributed by atoms with Gasteiger partial charge in [0, 0.05) is 12.3 Å². The van der Waals surface area contributed by atoms with Crippen LogP contribution in [0.15, 0.2) is 46.8 Å². The summed E-state index contributed by atoms with van der Waals surface area (Å²) in [4.78, 5) is 0. The van der Waals surface area contributed by atoms with Crippen molar-refractivity contribution in [3.05, 3.63) is 59.2 Å². The lowest BCUT2D eigenvalue weighted by molar-refractivity contribution is 0.354. The number of rotatable bonds is 9. The van der Waals surface area contributed by atoms with Crippen LogP contribution in [0.2, 0.25) is 0 Å². The summed E-state index contributed by atoms with van der Waals surface area (Å²) < 4.78 is 11.6. The van der Waals surface area contributed by atoms with Crippen LogP contribution in [0.1, 0.15) is 16.7 Å². The summed E-state index contributed by atoms with van der Waals surface area (Å²) in [6.45, 7) is 2.88. The molecular formula is C20H23N3O2S2. The topological polar surface area (TPSA) is 56.3 Å². The van der Waals surface area contributed by atoms with Gasteiger partial charge in [-0.2, -0.15) is 0 Å². The van der Waals surface area contributed by atoms with Crippen molar-refractivity contribution in [2.24, 2.45) is 0 Å². The molecular weight excluding hydrogens is 378 g/mol. The second-order valence-corrected chi connectivity index (χ2v) is 8.21. The fourth-order valence-corrected chi connectivity index (χ4v) is 4.25. The van der Waals surface area contributed by atoms with E-state index < -0.39 is 0 Å². The van der Waals surface area contributed by atoms with E-state index in [0.29, 0.717) is 0 Å². The highest BCUT2D eigenvalue weighted by Crippen LogP contribution is 2.29. The van der Waals surface area contributed by atoms with Crippen LogP contribution < -0.4 is 14.8 Å². The van der Waals surface area contributed by atoms with Crippen LogP contribution >= 0.6 is 23.1 Å². The van der Waals surface area contributed by atoms with Crippen molar-refractivity contribution in [3.8, 4) is 11.5 Å². The fraction of sp³-hybridized carbons (Fsp3) is 0.300. The molecule has 0 aliphatic heterocycles. The van der Waals surface area contributed by atoms with Gasteiger partial charge in [0.05, 0.1) is 14.2 Å². The number of anilines is 1. The molecule has 0 saturated heterocycles. The van der Waals surface area contributed by atoms with Gasteiger partial charge in [-0.3, -0.25) is 0 Å². The largest absolute Gasteiger partial charge is 0.493 e. The molecule has 2 aromatic carbocycles. The predicted octanol–water partition coefficient (Wildman–Crippen LogP) is 4.81. The lowest BCUT2D eigenvalue weighted by Crippen LogP contribution is -2.04. The summed E-state index contributed by atoms with van der Waals surface area (Å²) in [7, 11) is 3.29. The number of hydrogen-bond donors (Lipinski definition) is 1. The zero-order valence-corrected chi connectivity index (χ0v) is 17.3. The lowest BCUT2D eigenvalue weighted by Gasteiger charge is -2.09. The molecule has 3 aromatic rings. The average molecular weight is 402 g/mol. The van der Waals surface area contributed by atoms with Gasteiger partial charge in [0.15, 0.2) is 15.8 Å². The number of ether oxygens (including phenoxy) is 2. The Hall–Kier alpha value is -2.25. The van der Waals surface area contributed by atoms with E-state index >= 15 is 0 Å². The SMILES string of the molecule is COc1ccc(CCNc2nnc(SCc3ccc(C)cc3)s2)cc1OC. The molecule has 7 heteroatoms. The molecule has 27 heavy (non-hydrogen) atoms. The first kappa shape index (κ1) is 19.5. The van der Waals surface area contributed by atoms with Crippen LogP contribution in [0.25, 0.3) is 0 Å². The fourth-order valence-electron chi connectivity index (χ4n) is 2.52. The van der Waals surface area contributed by atoms with Crippen LogP contribution in [0, 0.1) is 6.92 Å². The molecule has 0 fully saturated rings. The third-order valence-corrected chi connectivity index (χ3v) is 6.11. The van der Waals surface area contributed by atoms with Gasteiger partial charge in [0.1, 0.15) is 0 Å². The third kappa shape index (κ3) is 5.61. The molecule has 0 unspecified atom stereocenters. The van der Waals surface area contributed by atoms with E-state index in [9.17, 15) is 0 Å². The molecule has 0 amide bonds. The van der Waals surface area contributed by atoms with E-state index in [1.54, 1.807) is 37.3 Å². The van der Waals surface area contributed by atoms with Crippen molar-refractivity contribution in [2.45, 2.75) is 23.4 Å². The molecule has 3 rings (SSSR count). The van der Waals surface area contributed by atoms with Gasteiger partial charge in [-0.1, -0.05) is 59.0 Å². The Kier molecular flexibility index (Phi) is 6.95. The molecule has 1 heterocycles. The van der Waals surface area contributed by atoms with Gasteiger partial charge in [0.2, 0.25) is 5.13 Å². The van der Waals surface area contributed by atoms with Crippen LogP contribution in [0.5, 0.6) is 11.5 Å². The zero-order valence-electron chi connectivity index (χ0n) is 15.7. The molecule has 0 atom stereocenters. The average Bonchev–Trinajstić information content (AvgIpc) is 3.15. The van der Waals surface area contributed by atoms with Gasteiger partial charge < -0.3 is 14.8 Å². The Morgan fingerprint density at radius 1 is 0.963 bits per heavy atom. The lowest BCUT2D eigenvalue weighted by atomic mass is 10.1. The molecule has 0 saturated carbocycles.